The van der Waals surface area contributed by atoms with Gasteiger partial charge in [-0.2, -0.15) is 13.2 Å². The van der Waals surface area contributed by atoms with Crippen molar-refractivity contribution in [1.29, 1.82) is 0 Å². The highest BCUT2D eigenvalue weighted by atomic mass is 19.4. The summed E-state index contributed by atoms with van der Waals surface area (Å²) in [5, 5.41) is 0. The standard InChI is InChI=1S/C14H18F3N/c1-8-11(13(2,3)4)9-6-5-7-10(9)18-12(8)14(15,16)17/h5-7H2,1-4H3. The van der Waals surface area contributed by atoms with Crippen LogP contribution in [0.1, 0.15) is 55.3 Å². The lowest BCUT2D eigenvalue weighted by Gasteiger charge is -2.27. The fourth-order valence-corrected chi connectivity index (χ4v) is 2.98. The van der Waals surface area contributed by atoms with Gasteiger partial charge in [0.05, 0.1) is 0 Å². The van der Waals surface area contributed by atoms with Crippen LogP contribution in [0, 0.1) is 6.92 Å². The molecule has 0 amide bonds. The van der Waals surface area contributed by atoms with E-state index >= 15 is 0 Å². The summed E-state index contributed by atoms with van der Waals surface area (Å²) in [6, 6.07) is 0. The summed E-state index contributed by atoms with van der Waals surface area (Å²) in [5.74, 6) is 0. The molecule has 1 heterocycles. The van der Waals surface area contributed by atoms with Gasteiger partial charge in [-0.3, -0.25) is 0 Å². The van der Waals surface area contributed by atoms with Crippen molar-refractivity contribution in [2.45, 2.75) is 58.5 Å². The van der Waals surface area contributed by atoms with E-state index in [1.54, 1.807) is 6.92 Å². The second-order valence-corrected chi connectivity index (χ2v) is 5.99. The van der Waals surface area contributed by atoms with Crippen LogP contribution in [0.2, 0.25) is 0 Å². The van der Waals surface area contributed by atoms with Crippen molar-refractivity contribution in [1.82, 2.24) is 4.98 Å². The zero-order valence-corrected chi connectivity index (χ0v) is 11.2. The average Bonchev–Trinajstić information content (AvgIpc) is 2.59. The molecule has 0 unspecified atom stereocenters. The maximum absolute atomic E-state index is 13.0. The minimum Gasteiger partial charge on any atom is -0.248 e. The Morgan fingerprint density at radius 2 is 1.67 bits per heavy atom. The van der Waals surface area contributed by atoms with E-state index in [1.165, 1.54) is 0 Å². The van der Waals surface area contributed by atoms with Crippen molar-refractivity contribution in [3.63, 3.8) is 0 Å². The predicted octanol–water partition coefficient (Wildman–Crippen LogP) is 4.20. The molecule has 0 saturated heterocycles. The van der Waals surface area contributed by atoms with Gasteiger partial charge in [-0.15, -0.1) is 0 Å². The number of fused-ring (bicyclic) bond motifs is 1. The fourth-order valence-electron chi connectivity index (χ4n) is 2.98. The molecule has 0 saturated carbocycles. The highest BCUT2D eigenvalue weighted by molar-refractivity contribution is 5.46. The molecule has 0 spiro atoms. The summed E-state index contributed by atoms with van der Waals surface area (Å²) in [4.78, 5) is 3.87. The third-order valence-corrected chi connectivity index (χ3v) is 3.49. The van der Waals surface area contributed by atoms with E-state index in [9.17, 15) is 13.2 Å². The molecule has 0 N–H and O–H groups in total. The zero-order chi connectivity index (χ0) is 13.7. The Labute approximate surface area is 105 Å². The Kier molecular flexibility index (Phi) is 2.95. The van der Waals surface area contributed by atoms with Gasteiger partial charge in [0.15, 0.2) is 0 Å². The Hall–Kier alpha value is -1.06. The molecule has 0 fully saturated rings. The molecule has 4 heteroatoms. The van der Waals surface area contributed by atoms with Gasteiger partial charge in [-0.25, -0.2) is 4.98 Å². The topological polar surface area (TPSA) is 12.9 Å². The van der Waals surface area contributed by atoms with Crippen LogP contribution < -0.4 is 0 Å². The highest BCUT2D eigenvalue weighted by Crippen LogP contribution is 2.40. The summed E-state index contributed by atoms with van der Waals surface area (Å²) in [7, 11) is 0. The van der Waals surface area contributed by atoms with Crippen molar-refractivity contribution in [3.05, 3.63) is 28.1 Å². The van der Waals surface area contributed by atoms with Gasteiger partial charge in [-0.05, 0) is 48.3 Å². The molecule has 18 heavy (non-hydrogen) atoms. The molecule has 0 bridgehead atoms. The van der Waals surface area contributed by atoms with Crippen molar-refractivity contribution in [3.8, 4) is 0 Å². The lowest BCUT2D eigenvalue weighted by molar-refractivity contribution is -0.141. The number of nitrogens with zero attached hydrogens (tertiary/aromatic N) is 1. The lowest BCUT2D eigenvalue weighted by Crippen LogP contribution is -2.22. The molecule has 1 nitrogen and oxygen atoms in total. The van der Waals surface area contributed by atoms with Gasteiger partial charge in [0.2, 0.25) is 0 Å². The van der Waals surface area contributed by atoms with Crippen LogP contribution in [0.25, 0.3) is 0 Å². The first-order chi connectivity index (χ1) is 8.12. The zero-order valence-electron chi connectivity index (χ0n) is 11.2. The van der Waals surface area contributed by atoms with E-state index in [0.29, 0.717) is 17.7 Å². The van der Waals surface area contributed by atoms with E-state index in [1.807, 2.05) is 20.8 Å². The van der Waals surface area contributed by atoms with Gasteiger partial charge in [0, 0.05) is 5.69 Å². The number of aryl methyl sites for hydroxylation is 1. The lowest BCUT2D eigenvalue weighted by atomic mass is 9.80. The Morgan fingerprint density at radius 1 is 1.06 bits per heavy atom. The molecule has 0 aromatic carbocycles. The highest BCUT2D eigenvalue weighted by Gasteiger charge is 2.39. The molecule has 1 aliphatic rings. The molecule has 2 rings (SSSR count). The summed E-state index contributed by atoms with van der Waals surface area (Å²) in [6.45, 7) is 7.45. The van der Waals surface area contributed by atoms with Crippen LogP contribution in [0.4, 0.5) is 13.2 Å². The Balaban J connectivity index is 2.76. The van der Waals surface area contributed by atoms with Crippen molar-refractivity contribution < 1.29 is 13.2 Å². The van der Waals surface area contributed by atoms with Crippen LogP contribution in [0.3, 0.4) is 0 Å². The van der Waals surface area contributed by atoms with Crippen LogP contribution in [0.15, 0.2) is 0 Å². The minimum atomic E-state index is -4.36. The smallest absolute Gasteiger partial charge is 0.248 e. The maximum Gasteiger partial charge on any atom is 0.433 e. The number of rotatable bonds is 0. The number of halogens is 3. The molecule has 0 aliphatic heterocycles. The number of aromatic nitrogens is 1. The van der Waals surface area contributed by atoms with E-state index in [-0.39, 0.29) is 5.41 Å². The number of hydrogen-bond acceptors (Lipinski definition) is 1. The number of alkyl halides is 3. The molecular formula is C14H18F3N. The fraction of sp³-hybridized carbons (Fsp3) is 0.643. The summed E-state index contributed by atoms with van der Waals surface area (Å²) in [6.07, 6.45) is -1.93. The van der Waals surface area contributed by atoms with Crippen molar-refractivity contribution in [2.24, 2.45) is 0 Å². The predicted molar refractivity (Wildman–Crippen MR) is 64.7 cm³/mol. The summed E-state index contributed by atoms with van der Waals surface area (Å²) >= 11 is 0. The number of pyridine rings is 1. The summed E-state index contributed by atoms with van der Waals surface area (Å²) < 4.78 is 39.1. The molecule has 0 atom stereocenters. The van der Waals surface area contributed by atoms with Crippen LogP contribution >= 0.6 is 0 Å². The Bertz CT molecular complexity index is 481. The normalized spacial score (nSPS) is 15.9. The van der Waals surface area contributed by atoms with Crippen LogP contribution in [0.5, 0.6) is 0 Å². The van der Waals surface area contributed by atoms with Gasteiger partial charge >= 0.3 is 6.18 Å². The third kappa shape index (κ3) is 2.13. The van der Waals surface area contributed by atoms with E-state index in [4.69, 9.17) is 0 Å². The molecular weight excluding hydrogens is 239 g/mol. The number of hydrogen-bond donors (Lipinski definition) is 0. The largest absolute Gasteiger partial charge is 0.433 e. The van der Waals surface area contributed by atoms with Crippen molar-refractivity contribution in [2.75, 3.05) is 0 Å². The maximum atomic E-state index is 13.0. The monoisotopic (exact) mass is 257 g/mol. The SMILES string of the molecule is Cc1c(C(F)(F)F)nc2c(c1C(C)(C)C)CCC2. The Morgan fingerprint density at radius 3 is 2.17 bits per heavy atom. The first kappa shape index (κ1) is 13.4. The second kappa shape index (κ2) is 3.97. The molecule has 1 aliphatic carbocycles. The molecule has 0 radical (unpaired) electrons. The molecule has 1 aromatic heterocycles. The first-order valence-electron chi connectivity index (χ1n) is 6.22. The van der Waals surface area contributed by atoms with Crippen molar-refractivity contribution >= 4 is 0 Å². The van der Waals surface area contributed by atoms with Gasteiger partial charge < -0.3 is 0 Å². The quantitative estimate of drug-likeness (QED) is 0.679. The van der Waals surface area contributed by atoms with Gasteiger partial charge in [0.25, 0.3) is 0 Å². The van der Waals surface area contributed by atoms with Gasteiger partial charge in [0.1, 0.15) is 5.69 Å². The minimum absolute atomic E-state index is 0.276. The first-order valence-corrected chi connectivity index (χ1v) is 6.22. The van der Waals surface area contributed by atoms with Gasteiger partial charge in [-0.1, -0.05) is 20.8 Å². The molecule has 1 aromatic rings. The second-order valence-electron chi connectivity index (χ2n) is 5.99. The van der Waals surface area contributed by atoms with Crippen LogP contribution in [-0.4, -0.2) is 4.98 Å². The average molecular weight is 257 g/mol. The van der Waals surface area contributed by atoms with Crippen LogP contribution in [-0.2, 0) is 24.4 Å². The third-order valence-electron chi connectivity index (χ3n) is 3.49. The molecule has 100 valence electrons. The van der Waals surface area contributed by atoms with E-state index < -0.39 is 11.9 Å². The van der Waals surface area contributed by atoms with E-state index in [0.717, 1.165) is 24.0 Å². The summed E-state index contributed by atoms with van der Waals surface area (Å²) in [5.41, 5.74) is 1.87. The van der Waals surface area contributed by atoms with E-state index in [2.05, 4.69) is 4.98 Å².